The summed E-state index contributed by atoms with van der Waals surface area (Å²) < 4.78 is 0. The molecule has 120 valence electrons. The van der Waals surface area contributed by atoms with Gasteiger partial charge in [0.25, 0.3) is 5.91 Å². The first-order chi connectivity index (χ1) is 11.1. The largest absolute Gasteiger partial charge is 0.350 e. The molecule has 0 aliphatic rings. The third-order valence-corrected chi connectivity index (χ3v) is 3.58. The van der Waals surface area contributed by atoms with E-state index in [0.717, 1.165) is 5.56 Å². The minimum atomic E-state index is -0.231. The average molecular weight is 310 g/mol. The van der Waals surface area contributed by atoms with E-state index in [1.807, 2.05) is 62.4 Å². The van der Waals surface area contributed by atoms with Crippen LogP contribution in [0.1, 0.15) is 42.2 Å². The molecule has 0 aliphatic heterocycles. The average Bonchev–Trinajstić information content (AvgIpc) is 2.56. The fourth-order valence-electron chi connectivity index (χ4n) is 2.35. The molecule has 23 heavy (non-hydrogen) atoms. The van der Waals surface area contributed by atoms with E-state index in [2.05, 4.69) is 10.6 Å². The maximum Gasteiger partial charge on any atom is 0.251 e. The molecule has 0 heterocycles. The van der Waals surface area contributed by atoms with Gasteiger partial charge in [-0.2, -0.15) is 0 Å². The van der Waals surface area contributed by atoms with E-state index in [1.165, 1.54) is 0 Å². The SMILES string of the molecule is C[C@H](NC(=O)C[C@H](C)NC(=O)c1ccccc1)c1ccccc1. The summed E-state index contributed by atoms with van der Waals surface area (Å²) in [5, 5.41) is 5.79. The smallest absolute Gasteiger partial charge is 0.251 e. The summed E-state index contributed by atoms with van der Waals surface area (Å²) in [6, 6.07) is 18.5. The number of nitrogens with one attached hydrogen (secondary N) is 2. The van der Waals surface area contributed by atoms with Gasteiger partial charge in [0.15, 0.2) is 0 Å². The van der Waals surface area contributed by atoms with Crippen LogP contribution < -0.4 is 10.6 Å². The number of amides is 2. The van der Waals surface area contributed by atoms with Gasteiger partial charge < -0.3 is 10.6 Å². The Hall–Kier alpha value is -2.62. The van der Waals surface area contributed by atoms with Crippen LogP contribution in [-0.4, -0.2) is 17.9 Å². The fourth-order valence-corrected chi connectivity index (χ4v) is 2.35. The highest BCUT2D eigenvalue weighted by Crippen LogP contribution is 2.11. The lowest BCUT2D eigenvalue weighted by Gasteiger charge is -2.17. The molecule has 0 aliphatic carbocycles. The zero-order valence-electron chi connectivity index (χ0n) is 13.5. The number of rotatable bonds is 6. The van der Waals surface area contributed by atoms with Gasteiger partial charge in [0, 0.05) is 18.0 Å². The van der Waals surface area contributed by atoms with Crippen molar-refractivity contribution < 1.29 is 9.59 Å². The first kappa shape index (κ1) is 16.7. The van der Waals surface area contributed by atoms with E-state index in [-0.39, 0.29) is 30.3 Å². The molecule has 2 atom stereocenters. The monoisotopic (exact) mass is 310 g/mol. The summed E-state index contributed by atoms with van der Waals surface area (Å²) in [5.74, 6) is -0.246. The lowest BCUT2D eigenvalue weighted by molar-refractivity contribution is -0.122. The lowest BCUT2D eigenvalue weighted by atomic mass is 10.1. The Bertz CT molecular complexity index is 641. The van der Waals surface area contributed by atoms with Gasteiger partial charge >= 0.3 is 0 Å². The maximum atomic E-state index is 12.1. The Morgan fingerprint density at radius 3 is 2.04 bits per heavy atom. The van der Waals surface area contributed by atoms with Gasteiger partial charge in [0.05, 0.1) is 6.04 Å². The molecule has 4 nitrogen and oxygen atoms in total. The molecule has 0 spiro atoms. The fraction of sp³-hybridized carbons (Fsp3) is 0.263. The summed E-state index contributed by atoms with van der Waals surface area (Å²) in [7, 11) is 0. The molecule has 0 radical (unpaired) electrons. The van der Waals surface area contributed by atoms with Gasteiger partial charge in [-0.3, -0.25) is 9.59 Å². The Morgan fingerprint density at radius 2 is 1.43 bits per heavy atom. The van der Waals surface area contributed by atoms with Crippen molar-refractivity contribution in [2.24, 2.45) is 0 Å². The van der Waals surface area contributed by atoms with E-state index in [0.29, 0.717) is 5.56 Å². The van der Waals surface area contributed by atoms with Crippen LogP contribution in [0.2, 0.25) is 0 Å². The van der Waals surface area contributed by atoms with Gasteiger partial charge in [-0.05, 0) is 31.5 Å². The van der Waals surface area contributed by atoms with Crippen LogP contribution in [-0.2, 0) is 4.79 Å². The molecule has 4 heteroatoms. The Labute approximate surface area is 136 Å². The van der Waals surface area contributed by atoms with Crippen LogP contribution >= 0.6 is 0 Å². The van der Waals surface area contributed by atoms with E-state index in [1.54, 1.807) is 12.1 Å². The highest BCUT2D eigenvalue weighted by molar-refractivity contribution is 5.94. The van der Waals surface area contributed by atoms with Gasteiger partial charge in [-0.25, -0.2) is 0 Å². The van der Waals surface area contributed by atoms with E-state index < -0.39 is 0 Å². The van der Waals surface area contributed by atoms with Gasteiger partial charge in [0.2, 0.25) is 5.91 Å². The van der Waals surface area contributed by atoms with Gasteiger partial charge in [-0.15, -0.1) is 0 Å². The van der Waals surface area contributed by atoms with Gasteiger partial charge in [0.1, 0.15) is 0 Å². The van der Waals surface area contributed by atoms with Crippen molar-refractivity contribution in [1.29, 1.82) is 0 Å². The summed E-state index contributed by atoms with van der Waals surface area (Å²) in [6.45, 7) is 3.77. The molecule has 2 rings (SSSR count). The summed E-state index contributed by atoms with van der Waals surface area (Å²) >= 11 is 0. The predicted octanol–water partition coefficient (Wildman–Crippen LogP) is 3.07. The molecule has 2 N–H and O–H groups in total. The third-order valence-electron chi connectivity index (χ3n) is 3.58. The molecule has 0 unspecified atom stereocenters. The quantitative estimate of drug-likeness (QED) is 0.861. The Balaban J connectivity index is 1.82. The van der Waals surface area contributed by atoms with Crippen LogP contribution in [0.25, 0.3) is 0 Å². The molecule has 0 bridgehead atoms. The van der Waals surface area contributed by atoms with Crippen molar-refractivity contribution in [3.63, 3.8) is 0 Å². The van der Waals surface area contributed by atoms with Crippen molar-refractivity contribution >= 4 is 11.8 Å². The number of carbonyl (C=O) groups is 2. The maximum absolute atomic E-state index is 12.1. The number of benzene rings is 2. The molecule has 0 saturated heterocycles. The van der Waals surface area contributed by atoms with Crippen LogP contribution in [0.5, 0.6) is 0 Å². The Kier molecular flexibility index (Phi) is 5.92. The van der Waals surface area contributed by atoms with E-state index in [9.17, 15) is 9.59 Å². The van der Waals surface area contributed by atoms with Crippen molar-refractivity contribution in [1.82, 2.24) is 10.6 Å². The van der Waals surface area contributed by atoms with Crippen LogP contribution in [0.3, 0.4) is 0 Å². The lowest BCUT2D eigenvalue weighted by Crippen LogP contribution is -2.37. The molecule has 0 fully saturated rings. The van der Waals surface area contributed by atoms with Crippen LogP contribution in [0.15, 0.2) is 60.7 Å². The second kappa shape index (κ2) is 8.13. The second-order valence-electron chi connectivity index (χ2n) is 5.64. The van der Waals surface area contributed by atoms with Crippen molar-refractivity contribution in [3.05, 3.63) is 71.8 Å². The van der Waals surface area contributed by atoms with Crippen LogP contribution in [0.4, 0.5) is 0 Å². The zero-order chi connectivity index (χ0) is 16.7. The molecular formula is C19H22N2O2. The number of carbonyl (C=O) groups excluding carboxylic acids is 2. The minimum Gasteiger partial charge on any atom is -0.350 e. The summed E-state index contributed by atoms with van der Waals surface area (Å²) in [5.41, 5.74) is 1.65. The van der Waals surface area contributed by atoms with Crippen molar-refractivity contribution in [2.45, 2.75) is 32.4 Å². The predicted molar refractivity (Wildman–Crippen MR) is 91.0 cm³/mol. The van der Waals surface area contributed by atoms with E-state index >= 15 is 0 Å². The van der Waals surface area contributed by atoms with Gasteiger partial charge in [-0.1, -0.05) is 48.5 Å². The topological polar surface area (TPSA) is 58.2 Å². The minimum absolute atomic E-state index is 0.0549. The normalized spacial score (nSPS) is 13.0. The third kappa shape index (κ3) is 5.25. The standard InChI is InChI=1S/C19H22N2O2/c1-14(20-19(23)17-11-7-4-8-12-17)13-18(22)21-15(2)16-9-5-3-6-10-16/h3-12,14-15H,13H2,1-2H3,(H,20,23)(H,21,22)/t14-,15-/m0/s1. The number of hydrogen-bond donors (Lipinski definition) is 2. The molecule has 2 aromatic rings. The molecule has 0 aromatic heterocycles. The first-order valence-corrected chi connectivity index (χ1v) is 7.76. The first-order valence-electron chi connectivity index (χ1n) is 7.76. The molecular weight excluding hydrogens is 288 g/mol. The molecule has 0 saturated carbocycles. The number of hydrogen-bond acceptors (Lipinski definition) is 2. The summed E-state index contributed by atoms with van der Waals surface area (Å²) in [6.07, 6.45) is 0.246. The highest BCUT2D eigenvalue weighted by atomic mass is 16.2. The van der Waals surface area contributed by atoms with Crippen LogP contribution in [0, 0.1) is 0 Å². The highest BCUT2D eigenvalue weighted by Gasteiger charge is 2.15. The molecule has 2 aromatic carbocycles. The van der Waals surface area contributed by atoms with Crippen molar-refractivity contribution in [2.75, 3.05) is 0 Å². The van der Waals surface area contributed by atoms with Crippen molar-refractivity contribution in [3.8, 4) is 0 Å². The Morgan fingerprint density at radius 1 is 0.870 bits per heavy atom. The molecule has 2 amide bonds. The summed E-state index contributed by atoms with van der Waals surface area (Å²) in [4.78, 5) is 24.1. The second-order valence-corrected chi connectivity index (χ2v) is 5.64. The zero-order valence-corrected chi connectivity index (χ0v) is 13.5. The van der Waals surface area contributed by atoms with E-state index in [4.69, 9.17) is 0 Å².